The van der Waals surface area contributed by atoms with Gasteiger partial charge in [-0.2, -0.15) is 0 Å². The Morgan fingerprint density at radius 2 is 1.79 bits per heavy atom. The van der Waals surface area contributed by atoms with Gasteiger partial charge in [-0.15, -0.1) is 0 Å². The van der Waals surface area contributed by atoms with Gasteiger partial charge in [0.05, 0.1) is 6.04 Å². The molecule has 0 fully saturated rings. The van der Waals surface area contributed by atoms with E-state index in [1.807, 2.05) is 24.3 Å². The summed E-state index contributed by atoms with van der Waals surface area (Å²) in [6.07, 6.45) is 0. The highest BCUT2D eigenvalue weighted by Crippen LogP contribution is 2.33. The van der Waals surface area contributed by atoms with Gasteiger partial charge in [-0.25, -0.2) is 4.79 Å². The number of benzene rings is 2. The second-order valence-electron chi connectivity index (χ2n) is 5.43. The number of carbonyl (C=O) groups excluding carboxylic acids is 2. The van der Waals surface area contributed by atoms with Gasteiger partial charge in [-0.1, -0.05) is 45.7 Å². The van der Waals surface area contributed by atoms with Crippen LogP contribution in [0.5, 0.6) is 0 Å². The Balaban J connectivity index is 2.09. The Hall–Kier alpha value is -2.11. The molecule has 0 aromatic heterocycles. The third kappa shape index (κ3) is 3.23. The molecular formula is C18H14BrClN2O2. The zero-order valence-corrected chi connectivity index (χ0v) is 15.1. The van der Waals surface area contributed by atoms with Crippen LogP contribution in [0.2, 0.25) is 5.02 Å². The first-order chi connectivity index (χ1) is 11.5. The van der Waals surface area contributed by atoms with Crippen LogP contribution in [0.1, 0.15) is 28.9 Å². The molecule has 1 unspecified atom stereocenters. The lowest BCUT2D eigenvalue weighted by Gasteiger charge is -2.29. The maximum absolute atomic E-state index is 13.0. The van der Waals surface area contributed by atoms with Crippen LogP contribution in [0.25, 0.3) is 0 Å². The topological polar surface area (TPSA) is 58.2 Å². The molecule has 1 aliphatic rings. The highest BCUT2D eigenvalue weighted by molar-refractivity contribution is 9.10. The molecule has 6 heteroatoms. The molecule has 0 bridgehead atoms. The molecule has 1 aliphatic heterocycles. The van der Waals surface area contributed by atoms with Crippen molar-refractivity contribution in [2.24, 2.45) is 0 Å². The molecule has 0 aliphatic carbocycles. The lowest BCUT2D eigenvalue weighted by molar-refractivity contribution is 0.102. The molecule has 2 aromatic carbocycles. The predicted molar refractivity (Wildman–Crippen MR) is 97.0 cm³/mol. The lowest BCUT2D eigenvalue weighted by Crippen LogP contribution is -2.45. The summed E-state index contributed by atoms with van der Waals surface area (Å²) in [6, 6.07) is 13.4. The van der Waals surface area contributed by atoms with Crippen molar-refractivity contribution >= 4 is 39.3 Å². The second-order valence-corrected chi connectivity index (χ2v) is 6.72. The maximum Gasteiger partial charge on any atom is 0.319 e. The van der Waals surface area contributed by atoms with Crippen molar-refractivity contribution in [3.05, 3.63) is 80.4 Å². The molecule has 3 rings (SSSR count). The smallest absolute Gasteiger partial charge is 0.319 e. The summed E-state index contributed by atoms with van der Waals surface area (Å²) < 4.78 is 0.825. The van der Waals surface area contributed by atoms with Crippen LogP contribution in [0.4, 0.5) is 4.79 Å². The van der Waals surface area contributed by atoms with Crippen LogP contribution in [0, 0.1) is 0 Å². The first kappa shape index (κ1) is 16.7. The monoisotopic (exact) mass is 404 g/mol. The van der Waals surface area contributed by atoms with Crippen LogP contribution in [-0.4, -0.2) is 11.8 Å². The summed E-state index contributed by atoms with van der Waals surface area (Å²) in [6.45, 7) is 1.73. The summed E-state index contributed by atoms with van der Waals surface area (Å²) in [5.74, 6) is -0.155. The molecule has 122 valence electrons. The van der Waals surface area contributed by atoms with E-state index in [2.05, 4.69) is 26.6 Å². The van der Waals surface area contributed by atoms with Crippen molar-refractivity contribution in [3.63, 3.8) is 0 Å². The predicted octanol–water partition coefficient (Wildman–Crippen LogP) is 4.61. The summed E-state index contributed by atoms with van der Waals surface area (Å²) in [7, 11) is 0. The number of allylic oxidation sites excluding steroid dienone is 1. The van der Waals surface area contributed by atoms with Crippen molar-refractivity contribution in [1.29, 1.82) is 0 Å². The number of carbonyl (C=O) groups is 2. The van der Waals surface area contributed by atoms with Crippen molar-refractivity contribution in [2.45, 2.75) is 13.0 Å². The molecule has 4 nitrogen and oxygen atoms in total. The minimum absolute atomic E-state index is 0.155. The van der Waals surface area contributed by atoms with Gasteiger partial charge in [0.2, 0.25) is 0 Å². The molecule has 0 saturated carbocycles. The van der Waals surface area contributed by atoms with Crippen molar-refractivity contribution in [3.8, 4) is 0 Å². The van der Waals surface area contributed by atoms with Crippen LogP contribution in [0.15, 0.2) is 64.3 Å². The molecule has 0 spiro atoms. The average Bonchev–Trinajstić information content (AvgIpc) is 2.55. The Labute approximate surface area is 153 Å². The normalized spacial score (nSPS) is 17.3. The first-order valence-electron chi connectivity index (χ1n) is 7.30. The number of hydrogen-bond acceptors (Lipinski definition) is 2. The van der Waals surface area contributed by atoms with Gasteiger partial charge in [0.1, 0.15) is 0 Å². The molecule has 1 heterocycles. The summed E-state index contributed by atoms with van der Waals surface area (Å²) >= 11 is 9.39. The van der Waals surface area contributed by atoms with Gasteiger partial charge in [0, 0.05) is 26.3 Å². The van der Waals surface area contributed by atoms with E-state index in [0.29, 0.717) is 21.9 Å². The molecular weight excluding hydrogens is 392 g/mol. The maximum atomic E-state index is 13.0. The van der Waals surface area contributed by atoms with E-state index >= 15 is 0 Å². The number of nitrogens with one attached hydrogen (secondary N) is 2. The van der Waals surface area contributed by atoms with E-state index in [9.17, 15) is 9.59 Å². The molecule has 1 atom stereocenters. The molecule has 2 aromatic rings. The van der Waals surface area contributed by atoms with Crippen molar-refractivity contribution < 1.29 is 9.59 Å². The van der Waals surface area contributed by atoms with Crippen molar-refractivity contribution in [1.82, 2.24) is 10.6 Å². The van der Waals surface area contributed by atoms with Gasteiger partial charge in [-0.05, 0) is 42.8 Å². The zero-order chi connectivity index (χ0) is 17.3. The van der Waals surface area contributed by atoms with Gasteiger partial charge < -0.3 is 10.6 Å². The number of rotatable bonds is 3. The van der Waals surface area contributed by atoms with Crippen LogP contribution < -0.4 is 10.6 Å². The van der Waals surface area contributed by atoms with Gasteiger partial charge in [0.25, 0.3) is 0 Å². The quantitative estimate of drug-likeness (QED) is 0.732. The Kier molecular flexibility index (Phi) is 4.73. The Morgan fingerprint density at radius 3 is 2.46 bits per heavy atom. The van der Waals surface area contributed by atoms with E-state index < -0.39 is 6.04 Å². The van der Waals surface area contributed by atoms with E-state index in [4.69, 9.17) is 11.6 Å². The number of Topliss-reactive ketones (excluding diaryl/α,β-unsaturated/α-hetero) is 1. The summed E-state index contributed by atoms with van der Waals surface area (Å²) in [5.41, 5.74) is 2.39. The highest BCUT2D eigenvalue weighted by Gasteiger charge is 2.32. The third-order valence-electron chi connectivity index (χ3n) is 3.84. The first-order valence-corrected chi connectivity index (χ1v) is 8.47. The fourth-order valence-electron chi connectivity index (χ4n) is 2.69. The largest absolute Gasteiger partial charge is 0.327 e. The van der Waals surface area contributed by atoms with Gasteiger partial charge in [0.15, 0.2) is 5.78 Å². The summed E-state index contributed by atoms with van der Waals surface area (Å²) in [5, 5.41) is 6.07. The average molecular weight is 406 g/mol. The molecule has 24 heavy (non-hydrogen) atoms. The molecule has 0 saturated heterocycles. The SMILES string of the molecule is CC1=C(C(=O)c2ccc(Cl)cc2)C(c2ccccc2Br)NC(=O)N1. The van der Waals surface area contributed by atoms with Crippen LogP contribution >= 0.6 is 27.5 Å². The third-order valence-corrected chi connectivity index (χ3v) is 4.81. The Bertz CT molecular complexity index is 846. The number of urea groups is 1. The van der Waals surface area contributed by atoms with Gasteiger partial charge >= 0.3 is 6.03 Å². The standard InChI is InChI=1S/C18H14BrClN2O2/c1-10-15(17(23)11-6-8-12(20)9-7-11)16(22-18(24)21-10)13-4-2-3-5-14(13)19/h2-9,16H,1H3,(H2,21,22,24). The minimum Gasteiger partial charge on any atom is -0.327 e. The highest BCUT2D eigenvalue weighted by atomic mass is 79.9. The van der Waals surface area contributed by atoms with Crippen molar-refractivity contribution in [2.75, 3.05) is 0 Å². The minimum atomic E-state index is -0.530. The fraction of sp³-hybridized carbons (Fsp3) is 0.111. The van der Waals surface area contributed by atoms with E-state index in [-0.39, 0.29) is 11.8 Å². The fourth-order valence-corrected chi connectivity index (χ4v) is 3.33. The number of amides is 2. The molecule has 2 N–H and O–H groups in total. The van der Waals surface area contributed by atoms with Crippen LogP contribution in [0.3, 0.4) is 0 Å². The van der Waals surface area contributed by atoms with Gasteiger partial charge in [-0.3, -0.25) is 4.79 Å². The summed E-state index contributed by atoms with van der Waals surface area (Å²) in [4.78, 5) is 24.9. The number of ketones is 1. The zero-order valence-electron chi connectivity index (χ0n) is 12.8. The Morgan fingerprint density at radius 1 is 1.12 bits per heavy atom. The lowest BCUT2D eigenvalue weighted by atomic mass is 9.89. The van der Waals surface area contributed by atoms with Crippen LogP contribution in [-0.2, 0) is 0 Å². The van der Waals surface area contributed by atoms with E-state index in [0.717, 1.165) is 10.0 Å². The molecule has 2 amide bonds. The second kappa shape index (κ2) is 6.79. The number of halogens is 2. The van der Waals surface area contributed by atoms with E-state index in [1.165, 1.54) is 0 Å². The number of hydrogen-bond donors (Lipinski definition) is 2. The van der Waals surface area contributed by atoms with E-state index in [1.54, 1.807) is 31.2 Å². The molecule has 0 radical (unpaired) electrons.